The van der Waals surface area contributed by atoms with Crippen molar-refractivity contribution in [1.82, 2.24) is 4.98 Å². The first-order valence-electron chi connectivity index (χ1n) is 8.46. The SMILES string of the molecule is C=C/C=C\C=C/C.O=C1CCOc2cc(OCc3ccncc3)ccc21. The van der Waals surface area contributed by atoms with Crippen molar-refractivity contribution >= 4 is 5.78 Å². The molecule has 2 heterocycles. The Kier molecular flexibility index (Phi) is 7.87. The van der Waals surface area contributed by atoms with Gasteiger partial charge in [-0.3, -0.25) is 9.78 Å². The summed E-state index contributed by atoms with van der Waals surface area (Å²) in [4.78, 5) is 15.6. The van der Waals surface area contributed by atoms with Gasteiger partial charge in [0.15, 0.2) is 5.78 Å². The van der Waals surface area contributed by atoms with Gasteiger partial charge in [-0.25, -0.2) is 0 Å². The van der Waals surface area contributed by atoms with E-state index in [2.05, 4.69) is 11.6 Å². The van der Waals surface area contributed by atoms with E-state index >= 15 is 0 Å². The van der Waals surface area contributed by atoms with Crippen LogP contribution < -0.4 is 9.47 Å². The maximum Gasteiger partial charge on any atom is 0.169 e. The molecule has 134 valence electrons. The molecule has 0 unspecified atom stereocenters. The van der Waals surface area contributed by atoms with Crippen LogP contribution in [0.3, 0.4) is 0 Å². The van der Waals surface area contributed by atoms with Gasteiger partial charge >= 0.3 is 0 Å². The van der Waals surface area contributed by atoms with Crippen molar-refractivity contribution in [3.8, 4) is 11.5 Å². The summed E-state index contributed by atoms with van der Waals surface area (Å²) in [5, 5.41) is 0. The summed E-state index contributed by atoms with van der Waals surface area (Å²) in [5.41, 5.74) is 1.69. The van der Waals surface area contributed by atoms with E-state index in [0.29, 0.717) is 36.7 Å². The van der Waals surface area contributed by atoms with Gasteiger partial charge in [0.05, 0.1) is 12.2 Å². The smallest absolute Gasteiger partial charge is 0.169 e. The lowest BCUT2D eigenvalue weighted by atomic mass is 10.1. The first kappa shape index (κ1) is 19.2. The number of rotatable bonds is 5. The Hall–Kier alpha value is -3.14. The highest BCUT2D eigenvalue weighted by molar-refractivity contribution is 5.99. The minimum absolute atomic E-state index is 0.127. The van der Waals surface area contributed by atoms with Gasteiger partial charge in [-0.1, -0.05) is 37.0 Å². The molecule has 0 saturated heterocycles. The highest BCUT2D eigenvalue weighted by Gasteiger charge is 2.18. The van der Waals surface area contributed by atoms with Crippen molar-refractivity contribution < 1.29 is 14.3 Å². The molecule has 0 saturated carbocycles. The Bertz CT molecular complexity index is 779. The third-order valence-electron chi connectivity index (χ3n) is 3.55. The normalized spacial score (nSPS) is 12.9. The average molecular weight is 349 g/mol. The molecule has 1 aliphatic rings. The second-order valence-electron chi connectivity index (χ2n) is 5.47. The molecule has 26 heavy (non-hydrogen) atoms. The molecule has 0 radical (unpaired) electrons. The lowest BCUT2D eigenvalue weighted by Gasteiger charge is -2.17. The van der Waals surface area contributed by atoms with Gasteiger partial charge in [0.1, 0.15) is 18.1 Å². The fraction of sp³-hybridized carbons (Fsp3) is 0.182. The molecule has 3 rings (SSSR count). The summed E-state index contributed by atoms with van der Waals surface area (Å²) in [6.45, 7) is 6.40. The van der Waals surface area contributed by atoms with Gasteiger partial charge in [-0.15, -0.1) is 0 Å². The van der Waals surface area contributed by atoms with Crippen LogP contribution in [0.2, 0.25) is 0 Å². The highest BCUT2D eigenvalue weighted by atomic mass is 16.5. The maximum absolute atomic E-state index is 11.6. The molecule has 4 heteroatoms. The van der Waals surface area contributed by atoms with E-state index in [0.717, 1.165) is 5.56 Å². The number of aromatic nitrogens is 1. The second-order valence-corrected chi connectivity index (χ2v) is 5.47. The Morgan fingerprint density at radius 1 is 1.19 bits per heavy atom. The zero-order chi connectivity index (χ0) is 18.6. The van der Waals surface area contributed by atoms with Crippen LogP contribution in [0.4, 0.5) is 0 Å². The summed E-state index contributed by atoms with van der Waals surface area (Å²) in [5.74, 6) is 1.44. The third kappa shape index (κ3) is 6.06. The summed E-state index contributed by atoms with van der Waals surface area (Å²) >= 11 is 0. The fourth-order valence-corrected chi connectivity index (χ4v) is 2.23. The number of ether oxygens (including phenoxy) is 2. The van der Waals surface area contributed by atoms with Crippen molar-refractivity contribution in [3.63, 3.8) is 0 Å². The molecule has 0 N–H and O–H groups in total. The summed E-state index contributed by atoms with van der Waals surface area (Å²) < 4.78 is 11.2. The predicted molar refractivity (Wildman–Crippen MR) is 104 cm³/mol. The summed E-state index contributed by atoms with van der Waals surface area (Å²) in [6.07, 6.45) is 13.4. The molecule has 0 spiro atoms. The first-order valence-corrected chi connectivity index (χ1v) is 8.46. The standard InChI is InChI=1S/C15H13NO3.C7H10/c17-14-5-8-18-15-9-12(1-2-13(14)15)19-10-11-3-6-16-7-4-11;1-3-5-7-6-4-2/h1-4,6-7,9H,5,8,10H2;3-7H,1H2,2H3/b;6-4-,7-5-. The number of allylic oxidation sites excluding steroid dienone is 5. The van der Waals surface area contributed by atoms with Crippen LogP contribution >= 0.6 is 0 Å². The lowest BCUT2D eigenvalue weighted by molar-refractivity contribution is 0.0933. The molecule has 1 aliphatic heterocycles. The van der Waals surface area contributed by atoms with E-state index < -0.39 is 0 Å². The number of benzene rings is 1. The van der Waals surface area contributed by atoms with Crippen molar-refractivity contribution in [2.45, 2.75) is 20.0 Å². The second kappa shape index (κ2) is 10.7. The molecule has 0 amide bonds. The Morgan fingerprint density at radius 2 is 2.00 bits per heavy atom. The molecular formula is C22H23NO3. The van der Waals surface area contributed by atoms with Crippen LogP contribution in [0, 0.1) is 0 Å². The Morgan fingerprint density at radius 3 is 2.73 bits per heavy atom. The molecule has 1 aromatic heterocycles. The van der Waals surface area contributed by atoms with Crippen molar-refractivity contribution in [2.75, 3.05) is 6.61 Å². The molecule has 0 fully saturated rings. The number of carbonyl (C=O) groups is 1. The molecule has 0 bridgehead atoms. The maximum atomic E-state index is 11.6. The molecule has 0 atom stereocenters. The predicted octanol–water partition coefficient (Wildman–Crippen LogP) is 4.93. The topological polar surface area (TPSA) is 48.4 Å². The first-order chi connectivity index (χ1) is 12.7. The monoisotopic (exact) mass is 349 g/mol. The molecule has 4 nitrogen and oxygen atoms in total. The Labute approximate surface area is 154 Å². The zero-order valence-electron chi connectivity index (χ0n) is 14.9. The van der Waals surface area contributed by atoms with Gasteiger partial charge in [0, 0.05) is 24.9 Å². The van der Waals surface area contributed by atoms with Gasteiger partial charge in [0.2, 0.25) is 0 Å². The third-order valence-corrected chi connectivity index (χ3v) is 3.55. The number of fused-ring (bicyclic) bond motifs is 1. The van der Waals surface area contributed by atoms with Crippen LogP contribution in [-0.4, -0.2) is 17.4 Å². The van der Waals surface area contributed by atoms with E-state index in [1.807, 2.05) is 43.4 Å². The van der Waals surface area contributed by atoms with Crippen LogP contribution in [0.1, 0.15) is 29.3 Å². The van der Waals surface area contributed by atoms with Crippen molar-refractivity contribution in [3.05, 3.63) is 90.8 Å². The fourth-order valence-electron chi connectivity index (χ4n) is 2.23. The molecule has 0 aliphatic carbocycles. The average Bonchev–Trinajstić information content (AvgIpc) is 2.68. The molecule has 1 aromatic carbocycles. The van der Waals surface area contributed by atoms with E-state index in [-0.39, 0.29) is 5.78 Å². The number of hydrogen-bond donors (Lipinski definition) is 0. The molecule has 2 aromatic rings. The van der Waals surface area contributed by atoms with Gasteiger partial charge in [0.25, 0.3) is 0 Å². The number of hydrogen-bond acceptors (Lipinski definition) is 4. The lowest BCUT2D eigenvalue weighted by Crippen LogP contribution is -2.15. The zero-order valence-corrected chi connectivity index (χ0v) is 14.9. The van der Waals surface area contributed by atoms with E-state index in [1.54, 1.807) is 36.7 Å². The van der Waals surface area contributed by atoms with Crippen LogP contribution in [-0.2, 0) is 6.61 Å². The number of pyridine rings is 1. The van der Waals surface area contributed by atoms with Crippen LogP contribution in [0.15, 0.2) is 79.7 Å². The van der Waals surface area contributed by atoms with Crippen LogP contribution in [0.25, 0.3) is 0 Å². The van der Waals surface area contributed by atoms with Gasteiger partial charge in [-0.05, 0) is 36.8 Å². The van der Waals surface area contributed by atoms with Gasteiger partial charge in [-0.2, -0.15) is 0 Å². The molecular weight excluding hydrogens is 326 g/mol. The number of Topliss-reactive ketones (excluding diaryl/α,β-unsaturated/α-hetero) is 1. The number of carbonyl (C=O) groups excluding carboxylic acids is 1. The summed E-state index contributed by atoms with van der Waals surface area (Å²) in [6, 6.07) is 9.13. The Balaban J connectivity index is 0.000000298. The minimum atomic E-state index is 0.127. The largest absolute Gasteiger partial charge is 0.492 e. The summed E-state index contributed by atoms with van der Waals surface area (Å²) in [7, 11) is 0. The quantitative estimate of drug-likeness (QED) is 0.718. The highest BCUT2D eigenvalue weighted by Crippen LogP contribution is 2.29. The van der Waals surface area contributed by atoms with E-state index in [4.69, 9.17) is 9.47 Å². The number of ketones is 1. The van der Waals surface area contributed by atoms with E-state index in [1.165, 1.54) is 0 Å². The van der Waals surface area contributed by atoms with Gasteiger partial charge < -0.3 is 9.47 Å². The minimum Gasteiger partial charge on any atom is -0.492 e. The van der Waals surface area contributed by atoms with Crippen LogP contribution in [0.5, 0.6) is 11.5 Å². The van der Waals surface area contributed by atoms with E-state index in [9.17, 15) is 4.79 Å². The number of nitrogens with zero attached hydrogens (tertiary/aromatic N) is 1. The van der Waals surface area contributed by atoms with Crippen molar-refractivity contribution in [2.24, 2.45) is 0 Å². The van der Waals surface area contributed by atoms with Crippen molar-refractivity contribution in [1.29, 1.82) is 0 Å².